The summed E-state index contributed by atoms with van der Waals surface area (Å²) in [5.41, 5.74) is 0.292. The first-order chi connectivity index (χ1) is 13.7. The Morgan fingerprint density at radius 2 is 2.29 bits per heavy atom. The fourth-order valence-electron chi connectivity index (χ4n) is 3.40. The van der Waals surface area contributed by atoms with Gasteiger partial charge in [-0.15, -0.1) is 0 Å². The third-order valence-electron chi connectivity index (χ3n) is 4.91. The molecule has 1 fully saturated rings. The Kier molecular flexibility index (Phi) is 5.53. The number of aromatic nitrogens is 2. The van der Waals surface area contributed by atoms with Crippen LogP contribution in [0.1, 0.15) is 36.0 Å². The summed E-state index contributed by atoms with van der Waals surface area (Å²) in [6.07, 6.45) is 5.67. The van der Waals surface area contributed by atoms with Gasteiger partial charge < -0.3 is 18.9 Å². The van der Waals surface area contributed by atoms with E-state index in [4.69, 9.17) is 14.0 Å². The van der Waals surface area contributed by atoms with Gasteiger partial charge in [-0.25, -0.2) is 0 Å². The third-order valence-corrected chi connectivity index (χ3v) is 4.91. The Balaban J connectivity index is 1.41. The molecule has 2 aromatic heterocycles. The molecule has 4 rings (SSSR count). The van der Waals surface area contributed by atoms with Gasteiger partial charge in [0.25, 0.3) is 5.91 Å². The predicted octanol–water partition coefficient (Wildman–Crippen LogP) is 3.44. The Morgan fingerprint density at radius 1 is 1.36 bits per heavy atom. The summed E-state index contributed by atoms with van der Waals surface area (Å²) in [5, 5.41) is 5.91. The van der Waals surface area contributed by atoms with Crippen LogP contribution in [0.15, 0.2) is 47.2 Å². The average molecular weight is 381 g/mol. The van der Waals surface area contributed by atoms with Gasteiger partial charge in [0.1, 0.15) is 12.4 Å². The summed E-state index contributed by atoms with van der Waals surface area (Å²) in [6, 6.07) is 9.34. The van der Waals surface area contributed by atoms with Crippen LogP contribution in [0.4, 0.5) is 0 Å². The van der Waals surface area contributed by atoms with E-state index >= 15 is 0 Å². The fourth-order valence-corrected chi connectivity index (χ4v) is 3.40. The number of pyridine rings is 1. The molecule has 1 saturated heterocycles. The highest BCUT2D eigenvalue weighted by molar-refractivity contribution is 5.92. The van der Waals surface area contributed by atoms with E-state index in [1.54, 1.807) is 23.4 Å². The quantitative estimate of drug-likeness (QED) is 0.624. The van der Waals surface area contributed by atoms with E-state index in [1.807, 2.05) is 31.2 Å². The maximum absolute atomic E-state index is 12.7. The first kappa shape index (κ1) is 18.4. The van der Waals surface area contributed by atoms with E-state index in [1.165, 1.54) is 0 Å². The van der Waals surface area contributed by atoms with Crippen molar-refractivity contribution in [2.45, 2.75) is 32.5 Å². The Labute approximate surface area is 163 Å². The minimum atomic E-state index is -0.149. The van der Waals surface area contributed by atoms with E-state index in [-0.39, 0.29) is 18.6 Å². The highest BCUT2D eigenvalue weighted by atomic mass is 16.5. The monoisotopic (exact) mass is 381 g/mol. The van der Waals surface area contributed by atoms with Crippen molar-refractivity contribution in [1.82, 2.24) is 15.0 Å². The lowest BCUT2D eigenvalue weighted by Crippen LogP contribution is -2.37. The summed E-state index contributed by atoms with van der Waals surface area (Å²) in [6.45, 7) is 4.09. The molecule has 0 spiro atoms. The third kappa shape index (κ3) is 3.99. The maximum atomic E-state index is 12.7. The van der Waals surface area contributed by atoms with Crippen LogP contribution in [0, 0.1) is 0 Å². The SMILES string of the molecule is CCN(CC1CCCO1)C(=O)c1cc(COc2cccc3cnccc23)on1. The molecule has 1 amide bonds. The van der Waals surface area contributed by atoms with Gasteiger partial charge in [-0.2, -0.15) is 0 Å². The Hall–Kier alpha value is -2.93. The molecular weight excluding hydrogens is 358 g/mol. The highest BCUT2D eigenvalue weighted by Gasteiger charge is 2.24. The van der Waals surface area contributed by atoms with Crippen LogP contribution >= 0.6 is 0 Å². The van der Waals surface area contributed by atoms with E-state index in [9.17, 15) is 4.79 Å². The first-order valence-corrected chi connectivity index (χ1v) is 9.56. The summed E-state index contributed by atoms with van der Waals surface area (Å²) >= 11 is 0. The van der Waals surface area contributed by atoms with Crippen LogP contribution < -0.4 is 4.74 Å². The Bertz CT molecular complexity index is 944. The second-order valence-electron chi connectivity index (χ2n) is 6.80. The number of amides is 1. The van der Waals surface area contributed by atoms with E-state index in [0.29, 0.717) is 24.5 Å². The van der Waals surface area contributed by atoms with Crippen molar-refractivity contribution in [2.24, 2.45) is 0 Å². The molecule has 7 nitrogen and oxygen atoms in total. The summed E-state index contributed by atoms with van der Waals surface area (Å²) in [5.74, 6) is 1.09. The molecule has 1 unspecified atom stereocenters. The standard InChI is InChI=1S/C21H23N3O4/c1-2-24(13-16-6-4-10-26-16)21(25)19-11-17(28-23-19)14-27-20-7-3-5-15-12-22-9-8-18(15)20/h3,5,7-9,11-12,16H,2,4,6,10,13-14H2,1H3. The second-order valence-corrected chi connectivity index (χ2v) is 6.80. The lowest BCUT2D eigenvalue weighted by atomic mass is 10.1. The van der Waals surface area contributed by atoms with Crippen LogP contribution in [-0.2, 0) is 11.3 Å². The molecule has 1 aliphatic heterocycles. The Morgan fingerprint density at radius 3 is 3.11 bits per heavy atom. The van der Waals surface area contributed by atoms with Crippen molar-refractivity contribution >= 4 is 16.7 Å². The number of benzene rings is 1. The predicted molar refractivity (Wildman–Crippen MR) is 103 cm³/mol. The molecular formula is C21H23N3O4. The second kappa shape index (κ2) is 8.39. The number of rotatable bonds is 7. The molecule has 3 heterocycles. The minimum absolute atomic E-state index is 0.111. The van der Waals surface area contributed by atoms with Gasteiger partial charge in [-0.05, 0) is 31.9 Å². The van der Waals surface area contributed by atoms with Crippen LogP contribution in [0.3, 0.4) is 0 Å². The first-order valence-electron chi connectivity index (χ1n) is 9.56. The summed E-state index contributed by atoms with van der Waals surface area (Å²) in [7, 11) is 0. The number of hydrogen-bond acceptors (Lipinski definition) is 6. The molecule has 1 aromatic carbocycles. The van der Waals surface area contributed by atoms with Gasteiger partial charge in [0, 0.05) is 48.9 Å². The smallest absolute Gasteiger partial charge is 0.276 e. The van der Waals surface area contributed by atoms with Gasteiger partial charge >= 0.3 is 0 Å². The number of hydrogen-bond donors (Lipinski definition) is 0. The molecule has 7 heteroatoms. The zero-order valence-electron chi connectivity index (χ0n) is 15.8. The number of likely N-dealkylation sites (N-methyl/N-ethyl adjacent to an activating group) is 1. The molecule has 0 aliphatic carbocycles. The van der Waals surface area contributed by atoms with Gasteiger partial charge in [0.15, 0.2) is 11.5 Å². The van der Waals surface area contributed by atoms with Gasteiger partial charge in [-0.1, -0.05) is 17.3 Å². The van der Waals surface area contributed by atoms with Crippen molar-refractivity contribution in [3.8, 4) is 5.75 Å². The average Bonchev–Trinajstić information content (AvgIpc) is 3.42. The summed E-state index contributed by atoms with van der Waals surface area (Å²) in [4.78, 5) is 18.6. The van der Waals surface area contributed by atoms with E-state index in [0.717, 1.165) is 36.0 Å². The molecule has 1 atom stereocenters. The fraction of sp³-hybridized carbons (Fsp3) is 0.381. The largest absolute Gasteiger partial charge is 0.485 e. The number of nitrogens with zero attached hydrogens (tertiary/aromatic N) is 3. The van der Waals surface area contributed by atoms with E-state index in [2.05, 4.69) is 10.1 Å². The maximum Gasteiger partial charge on any atom is 0.276 e. The molecule has 0 N–H and O–H groups in total. The van der Waals surface area contributed by atoms with Crippen molar-refractivity contribution < 1.29 is 18.8 Å². The zero-order chi connectivity index (χ0) is 19.3. The van der Waals surface area contributed by atoms with Crippen LogP contribution in [0.2, 0.25) is 0 Å². The van der Waals surface area contributed by atoms with Gasteiger partial charge in [0.05, 0.1) is 6.10 Å². The number of carbonyl (C=O) groups is 1. The van der Waals surface area contributed by atoms with Gasteiger partial charge in [0.2, 0.25) is 0 Å². The van der Waals surface area contributed by atoms with Crippen LogP contribution in [0.25, 0.3) is 10.8 Å². The zero-order valence-corrected chi connectivity index (χ0v) is 15.8. The number of carbonyl (C=O) groups excluding carboxylic acids is 1. The molecule has 0 radical (unpaired) electrons. The minimum Gasteiger partial charge on any atom is -0.485 e. The topological polar surface area (TPSA) is 77.7 Å². The molecule has 1 aliphatic rings. The van der Waals surface area contributed by atoms with Crippen molar-refractivity contribution in [2.75, 3.05) is 19.7 Å². The lowest BCUT2D eigenvalue weighted by molar-refractivity contribution is 0.0531. The van der Waals surface area contributed by atoms with Crippen LogP contribution in [0.5, 0.6) is 5.75 Å². The highest BCUT2D eigenvalue weighted by Crippen LogP contribution is 2.25. The molecule has 0 saturated carbocycles. The van der Waals surface area contributed by atoms with Crippen molar-refractivity contribution in [3.63, 3.8) is 0 Å². The van der Waals surface area contributed by atoms with E-state index < -0.39 is 0 Å². The van der Waals surface area contributed by atoms with Crippen molar-refractivity contribution in [3.05, 3.63) is 54.2 Å². The number of ether oxygens (including phenoxy) is 2. The number of fused-ring (bicyclic) bond motifs is 1. The molecule has 0 bridgehead atoms. The van der Waals surface area contributed by atoms with Crippen molar-refractivity contribution in [1.29, 1.82) is 0 Å². The van der Waals surface area contributed by atoms with Crippen LogP contribution in [-0.4, -0.2) is 46.7 Å². The summed E-state index contributed by atoms with van der Waals surface area (Å²) < 4.78 is 16.8. The molecule has 146 valence electrons. The lowest BCUT2D eigenvalue weighted by Gasteiger charge is -2.22. The normalized spacial score (nSPS) is 16.4. The van der Waals surface area contributed by atoms with Gasteiger partial charge in [-0.3, -0.25) is 9.78 Å². The molecule has 28 heavy (non-hydrogen) atoms. The molecule has 3 aromatic rings.